The smallest absolute Gasteiger partial charge is 0.254 e. The lowest BCUT2D eigenvalue weighted by Gasteiger charge is -2.23. The lowest BCUT2D eigenvalue weighted by Crippen LogP contribution is -2.33. The first-order chi connectivity index (χ1) is 10.0. The van der Waals surface area contributed by atoms with Crippen molar-refractivity contribution in [1.29, 1.82) is 0 Å². The molecule has 118 valence electrons. The van der Waals surface area contributed by atoms with E-state index in [4.69, 9.17) is 5.11 Å². The Balaban J connectivity index is 1.99. The monoisotopic (exact) mass is 312 g/mol. The number of likely N-dealkylation sites (tertiary alicyclic amines) is 1. The van der Waals surface area contributed by atoms with E-state index in [2.05, 4.69) is 4.90 Å². The molecule has 0 spiro atoms. The van der Waals surface area contributed by atoms with Crippen molar-refractivity contribution in [2.45, 2.75) is 6.92 Å². The number of aliphatic hydroxyl groups excluding tert-OH is 2. The summed E-state index contributed by atoms with van der Waals surface area (Å²) in [4.78, 5) is 17.5. The number of aliphatic hydroxyl groups is 2. The number of hydrogen-bond donors (Lipinski definition) is 2. The first-order valence-electron chi connectivity index (χ1n) is 7.29. The van der Waals surface area contributed by atoms with Crippen LogP contribution in [0.1, 0.15) is 15.2 Å². The SMILES string of the molecule is Cc1cc(C(=O)N2C[C@@H](CN(C)CCO)[C@@H](CO)C2)cs1. The zero-order chi connectivity index (χ0) is 15.4. The van der Waals surface area contributed by atoms with Gasteiger partial charge in [-0.25, -0.2) is 0 Å². The molecule has 2 heterocycles. The van der Waals surface area contributed by atoms with E-state index in [9.17, 15) is 9.90 Å². The van der Waals surface area contributed by atoms with Gasteiger partial charge in [0.05, 0.1) is 12.2 Å². The van der Waals surface area contributed by atoms with Crippen molar-refractivity contribution >= 4 is 17.2 Å². The Morgan fingerprint density at radius 3 is 2.71 bits per heavy atom. The lowest BCUT2D eigenvalue weighted by molar-refractivity contribution is 0.0779. The molecule has 2 N–H and O–H groups in total. The van der Waals surface area contributed by atoms with Gasteiger partial charge in [0.2, 0.25) is 0 Å². The predicted octanol–water partition coefficient (Wildman–Crippen LogP) is 0.661. The van der Waals surface area contributed by atoms with Crippen LogP contribution < -0.4 is 0 Å². The van der Waals surface area contributed by atoms with Gasteiger partial charge in [-0.15, -0.1) is 11.3 Å². The third-order valence-corrected chi connectivity index (χ3v) is 4.97. The number of carbonyl (C=O) groups is 1. The maximum absolute atomic E-state index is 12.5. The largest absolute Gasteiger partial charge is 0.396 e. The van der Waals surface area contributed by atoms with Gasteiger partial charge in [-0.2, -0.15) is 0 Å². The van der Waals surface area contributed by atoms with Crippen LogP contribution in [0.15, 0.2) is 11.4 Å². The first-order valence-corrected chi connectivity index (χ1v) is 8.17. The third-order valence-electron chi connectivity index (χ3n) is 4.10. The van der Waals surface area contributed by atoms with Gasteiger partial charge in [-0.1, -0.05) is 0 Å². The molecule has 1 aromatic heterocycles. The molecule has 6 heteroatoms. The van der Waals surface area contributed by atoms with E-state index in [-0.39, 0.29) is 31.0 Å². The highest BCUT2D eigenvalue weighted by molar-refractivity contribution is 7.10. The molecule has 2 rings (SSSR count). The van der Waals surface area contributed by atoms with Gasteiger partial charge in [0.25, 0.3) is 5.91 Å². The second-order valence-corrected chi connectivity index (χ2v) is 6.96. The fraction of sp³-hybridized carbons (Fsp3) is 0.667. The summed E-state index contributed by atoms with van der Waals surface area (Å²) in [5, 5.41) is 20.4. The Labute approximate surface area is 129 Å². The highest BCUT2D eigenvalue weighted by Crippen LogP contribution is 2.26. The maximum Gasteiger partial charge on any atom is 0.254 e. The minimum Gasteiger partial charge on any atom is -0.396 e. The van der Waals surface area contributed by atoms with Gasteiger partial charge < -0.3 is 20.0 Å². The van der Waals surface area contributed by atoms with Gasteiger partial charge in [0.1, 0.15) is 0 Å². The van der Waals surface area contributed by atoms with Gasteiger partial charge >= 0.3 is 0 Å². The van der Waals surface area contributed by atoms with Crippen LogP contribution in [0.5, 0.6) is 0 Å². The molecule has 21 heavy (non-hydrogen) atoms. The minimum atomic E-state index is 0.0603. The third kappa shape index (κ3) is 4.03. The van der Waals surface area contributed by atoms with Gasteiger partial charge in [0.15, 0.2) is 0 Å². The molecule has 0 radical (unpaired) electrons. The fourth-order valence-corrected chi connectivity index (χ4v) is 3.60. The number of nitrogens with zero attached hydrogens (tertiary/aromatic N) is 2. The lowest BCUT2D eigenvalue weighted by atomic mass is 9.96. The van der Waals surface area contributed by atoms with Crippen LogP contribution in [-0.4, -0.2) is 72.4 Å². The molecule has 0 aromatic carbocycles. The predicted molar refractivity (Wildman–Crippen MR) is 83.6 cm³/mol. The summed E-state index contributed by atoms with van der Waals surface area (Å²) in [6.45, 7) is 4.92. The Morgan fingerprint density at radius 1 is 1.43 bits per heavy atom. The number of likely N-dealkylation sites (N-methyl/N-ethyl adjacent to an activating group) is 1. The molecule has 0 aliphatic carbocycles. The molecule has 5 nitrogen and oxygen atoms in total. The number of hydrogen-bond acceptors (Lipinski definition) is 5. The molecular weight excluding hydrogens is 288 g/mol. The average molecular weight is 312 g/mol. The van der Waals surface area contributed by atoms with E-state index < -0.39 is 0 Å². The molecule has 1 amide bonds. The molecule has 1 aliphatic heterocycles. The molecule has 2 atom stereocenters. The first kappa shape index (κ1) is 16.4. The van der Waals surface area contributed by atoms with Crippen LogP contribution >= 0.6 is 11.3 Å². The molecule has 1 fully saturated rings. The van der Waals surface area contributed by atoms with Crippen LogP contribution in [-0.2, 0) is 0 Å². The summed E-state index contributed by atoms with van der Waals surface area (Å²) >= 11 is 1.58. The van der Waals surface area contributed by atoms with Crippen LogP contribution in [0.4, 0.5) is 0 Å². The van der Waals surface area contributed by atoms with Crippen molar-refractivity contribution in [2.24, 2.45) is 11.8 Å². The number of carbonyl (C=O) groups excluding carboxylic acids is 1. The highest BCUT2D eigenvalue weighted by atomic mass is 32.1. The summed E-state index contributed by atoms with van der Waals surface area (Å²) in [5.41, 5.74) is 0.749. The highest BCUT2D eigenvalue weighted by Gasteiger charge is 2.35. The summed E-state index contributed by atoms with van der Waals surface area (Å²) < 4.78 is 0. The van der Waals surface area contributed by atoms with Crippen molar-refractivity contribution in [1.82, 2.24) is 9.80 Å². The van der Waals surface area contributed by atoms with E-state index in [0.717, 1.165) is 17.0 Å². The summed E-state index contributed by atoms with van der Waals surface area (Å²) in [7, 11) is 1.96. The van der Waals surface area contributed by atoms with Crippen LogP contribution in [0.2, 0.25) is 0 Å². The Morgan fingerprint density at radius 2 is 2.14 bits per heavy atom. The maximum atomic E-state index is 12.5. The number of amides is 1. The molecule has 0 unspecified atom stereocenters. The van der Waals surface area contributed by atoms with Crippen LogP contribution in [0.3, 0.4) is 0 Å². The molecular formula is C15H24N2O3S. The summed E-state index contributed by atoms with van der Waals surface area (Å²) in [6, 6.07) is 1.92. The van der Waals surface area contributed by atoms with E-state index in [1.54, 1.807) is 11.3 Å². The van der Waals surface area contributed by atoms with E-state index in [0.29, 0.717) is 19.6 Å². The van der Waals surface area contributed by atoms with Crippen molar-refractivity contribution in [2.75, 3.05) is 46.4 Å². The second-order valence-electron chi connectivity index (χ2n) is 5.84. The quantitative estimate of drug-likeness (QED) is 0.810. The van der Waals surface area contributed by atoms with Crippen molar-refractivity contribution in [3.8, 4) is 0 Å². The van der Waals surface area contributed by atoms with Gasteiger partial charge in [-0.05, 0) is 26.0 Å². The van der Waals surface area contributed by atoms with Crippen molar-refractivity contribution in [3.63, 3.8) is 0 Å². The number of thiophene rings is 1. The molecule has 1 aliphatic rings. The molecule has 0 saturated carbocycles. The molecule has 1 saturated heterocycles. The van der Waals surface area contributed by atoms with Crippen molar-refractivity contribution in [3.05, 3.63) is 21.9 Å². The second kappa shape index (κ2) is 7.35. The standard InChI is InChI=1S/C15H24N2O3S/c1-11-5-12(10-21-11)15(20)17-7-13(14(8-17)9-19)6-16(2)3-4-18/h5,10,13-14,18-19H,3-4,6-9H2,1-2H3/t13-,14-/m1/s1. The zero-order valence-corrected chi connectivity index (χ0v) is 13.5. The van der Waals surface area contributed by atoms with E-state index >= 15 is 0 Å². The molecule has 1 aromatic rings. The summed E-state index contributed by atoms with van der Waals surface area (Å²) in [6.07, 6.45) is 0. The van der Waals surface area contributed by atoms with Crippen LogP contribution in [0.25, 0.3) is 0 Å². The van der Waals surface area contributed by atoms with E-state index in [1.165, 1.54) is 0 Å². The van der Waals surface area contributed by atoms with Gasteiger partial charge in [-0.3, -0.25) is 4.79 Å². The Kier molecular flexibility index (Phi) is 5.75. The average Bonchev–Trinajstić information content (AvgIpc) is 3.04. The van der Waals surface area contributed by atoms with Crippen molar-refractivity contribution < 1.29 is 15.0 Å². The normalized spacial score (nSPS) is 22.2. The Bertz CT molecular complexity index is 477. The number of rotatable bonds is 6. The Hall–Kier alpha value is -0.950. The van der Waals surface area contributed by atoms with E-state index in [1.807, 2.05) is 30.3 Å². The van der Waals surface area contributed by atoms with Gasteiger partial charge in [0, 0.05) is 49.0 Å². The topological polar surface area (TPSA) is 64.0 Å². The minimum absolute atomic E-state index is 0.0603. The molecule has 0 bridgehead atoms. The zero-order valence-electron chi connectivity index (χ0n) is 12.7. The number of aryl methyl sites for hydroxylation is 1. The van der Waals surface area contributed by atoms with Crippen LogP contribution in [0, 0.1) is 18.8 Å². The summed E-state index contributed by atoms with van der Waals surface area (Å²) in [5.74, 6) is 0.440. The fourth-order valence-electron chi connectivity index (χ4n) is 2.92.